The van der Waals surface area contributed by atoms with Crippen molar-refractivity contribution >= 4 is 27.5 Å². The number of quaternary nitrogens is 1. The number of anilines is 1. The lowest BCUT2D eigenvalue weighted by atomic mass is 10.2. The van der Waals surface area contributed by atoms with E-state index in [1.165, 1.54) is 10.4 Å². The van der Waals surface area contributed by atoms with E-state index in [9.17, 15) is 18.0 Å². The Labute approximate surface area is 166 Å². The summed E-state index contributed by atoms with van der Waals surface area (Å²) < 4.78 is 27.1. The summed E-state index contributed by atoms with van der Waals surface area (Å²) in [7, 11) is -1.76. The van der Waals surface area contributed by atoms with Gasteiger partial charge < -0.3 is 15.5 Å². The summed E-state index contributed by atoms with van der Waals surface area (Å²) in [6, 6.07) is 6.66. The summed E-state index contributed by atoms with van der Waals surface area (Å²) in [5.41, 5.74) is 0.443. The zero-order valence-electron chi connectivity index (χ0n) is 16.2. The topological polar surface area (TPSA) is 100 Å². The number of piperidine rings is 1. The molecule has 1 aliphatic carbocycles. The standard InChI is InChI=1S/C19H28N4O4S/c1-22(13-18(24)20-15-8-9-15)14-19(25)21-16-6-5-7-17(12-16)28(26,27)23-10-3-2-4-11-23/h5-7,12,15H,2-4,8-11,13-14H2,1H3,(H,20,24)(H,21,25)/p+1. The van der Waals surface area contributed by atoms with Crippen molar-refractivity contribution in [2.75, 3.05) is 38.5 Å². The largest absolute Gasteiger partial charge is 0.348 e. The normalized spacial score (nSPS) is 19.0. The van der Waals surface area contributed by atoms with Gasteiger partial charge in [0.25, 0.3) is 11.8 Å². The molecule has 28 heavy (non-hydrogen) atoms. The number of hydrogen-bond donors (Lipinski definition) is 3. The molecule has 2 amide bonds. The molecule has 1 heterocycles. The number of nitrogens with zero attached hydrogens (tertiary/aromatic N) is 1. The third kappa shape index (κ3) is 5.76. The maximum Gasteiger partial charge on any atom is 0.279 e. The Kier molecular flexibility index (Phi) is 6.69. The Morgan fingerprint density at radius 3 is 2.46 bits per heavy atom. The Morgan fingerprint density at radius 1 is 1.11 bits per heavy atom. The van der Waals surface area contributed by atoms with E-state index >= 15 is 0 Å². The summed E-state index contributed by atoms with van der Waals surface area (Å²) in [4.78, 5) is 25.1. The van der Waals surface area contributed by atoms with E-state index < -0.39 is 10.0 Å². The van der Waals surface area contributed by atoms with Crippen LogP contribution in [-0.2, 0) is 19.6 Å². The summed E-state index contributed by atoms with van der Waals surface area (Å²) >= 11 is 0. The van der Waals surface area contributed by atoms with Crippen molar-refractivity contribution in [3.63, 3.8) is 0 Å². The first-order chi connectivity index (χ1) is 13.3. The highest BCUT2D eigenvalue weighted by Gasteiger charge is 2.27. The third-order valence-electron chi connectivity index (χ3n) is 4.94. The highest BCUT2D eigenvalue weighted by Crippen LogP contribution is 2.22. The number of carbonyl (C=O) groups is 2. The van der Waals surface area contributed by atoms with Gasteiger partial charge in [-0.2, -0.15) is 4.31 Å². The molecule has 1 saturated carbocycles. The van der Waals surface area contributed by atoms with Gasteiger partial charge in [-0.05, 0) is 43.9 Å². The first kappa shape index (κ1) is 20.8. The average Bonchev–Trinajstić information content (AvgIpc) is 3.46. The van der Waals surface area contributed by atoms with E-state index in [2.05, 4.69) is 10.6 Å². The van der Waals surface area contributed by atoms with Crippen LogP contribution in [0, 0.1) is 0 Å². The van der Waals surface area contributed by atoms with Crippen molar-refractivity contribution in [2.45, 2.75) is 43.0 Å². The second-order valence-electron chi connectivity index (χ2n) is 7.69. The minimum Gasteiger partial charge on any atom is -0.348 e. The van der Waals surface area contributed by atoms with E-state index in [-0.39, 0.29) is 29.8 Å². The Balaban J connectivity index is 1.55. The van der Waals surface area contributed by atoms with Crippen LogP contribution in [0.2, 0.25) is 0 Å². The van der Waals surface area contributed by atoms with Gasteiger partial charge in [-0.3, -0.25) is 9.59 Å². The van der Waals surface area contributed by atoms with Crippen LogP contribution < -0.4 is 15.5 Å². The van der Waals surface area contributed by atoms with Crippen LogP contribution in [0.25, 0.3) is 0 Å². The van der Waals surface area contributed by atoms with Gasteiger partial charge in [0, 0.05) is 24.8 Å². The van der Waals surface area contributed by atoms with E-state index in [1.54, 1.807) is 25.2 Å². The van der Waals surface area contributed by atoms with Gasteiger partial charge >= 0.3 is 0 Å². The zero-order chi connectivity index (χ0) is 20.1. The van der Waals surface area contributed by atoms with Crippen LogP contribution in [0.15, 0.2) is 29.2 Å². The molecule has 2 fully saturated rings. The average molecular weight is 410 g/mol. The molecule has 0 aromatic heterocycles. The second kappa shape index (κ2) is 9.02. The maximum absolute atomic E-state index is 12.8. The van der Waals surface area contributed by atoms with Gasteiger partial charge in [0.05, 0.1) is 11.9 Å². The van der Waals surface area contributed by atoms with Crippen molar-refractivity contribution in [1.29, 1.82) is 0 Å². The number of hydrogen-bond acceptors (Lipinski definition) is 4. The van der Waals surface area contributed by atoms with Crippen LogP contribution >= 0.6 is 0 Å². The van der Waals surface area contributed by atoms with Gasteiger partial charge in [-0.25, -0.2) is 8.42 Å². The summed E-state index contributed by atoms with van der Waals surface area (Å²) in [6.45, 7) is 1.43. The number of rotatable bonds is 8. The molecular weight excluding hydrogens is 380 g/mol. The monoisotopic (exact) mass is 409 g/mol. The van der Waals surface area contributed by atoms with Gasteiger partial charge in [0.2, 0.25) is 10.0 Å². The summed E-state index contributed by atoms with van der Waals surface area (Å²) in [5, 5.41) is 5.64. The zero-order valence-corrected chi connectivity index (χ0v) is 17.1. The Hall–Kier alpha value is -1.97. The minimum absolute atomic E-state index is 0.0533. The van der Waals surface area contributed by atoms with Crippen LogP contribution in [0.1, 0.15) is 32.1 Å². The molecule has 2 aliphatic rings. The highest BCUT2D eigenvalue weighted by atomic mass is 32.2. The number of nitrogens with one attached hydrogen (secondary N) is 3. The molecule has 8 nitrogen and oxygen atoms in total. The van der Waals surface area contributed by atoms with Crippen molar-refractivity contribution in [3.05, 3.63) is 24.3 Å². The molecule has 1 aliphatic heterocycles. The summed E-state index contributed by atoms with van der Waals surface area (Å²) in [6.07, 6.45) is 4.86. The predicted octanol–water partition coefficient (Wildman–Crippen LogP) is -0.407. The molecule has 3 N–H and O–H groups in total. The third-order valence-corrected chi connectivity index (χ3v) is 6.83. The molecule has 1 aromatic carbocycles. The Morgan fingerprint density at radius 2 is 1.79 bits per heavy atom. The van der Waals surface area contributed by atoms with Gasteiger partial charge in [-0.1, -0.05) is 12.5 Å². The number of sulfonamides is 1. The lowest BCUT2D eigenvalue weighted by molar-refractivity contribution is -0.862. The fourth-order valence-corrected chi connectivity index (χ4v) is 4.87. The molecule has 0 bridgehead atoms. The van der Waals surface area contributed by atoms with Crippen molar-refractivity contribution in [2.24, 2.45) is 0 Å². The van der Waals surface area contributed by atoms with Gasteiger partial charge in [-0.15, -0.1) is 0 Å². The van der Waals surface area contributed by atoms with Crippen LogP contribution in [-0.4, -0.2) is 63.8 Å². The molecule has 3 rings (SSSR count). The SMILES string of the molecule is C[NH+](CC(=O)Nc1cccc(S(=O)(=O)N2CCCCC2)c1)CC(=O)NC1CC1. The summed E-state index contributed by atoms with van der Waals surface area (Å²) in [5.74, 6) is -0.313. The highest BCUT2D eigenvalue weighted by molar-refractivity contribution is 7.89. The molecule has 1 aromatic rings. The predicted molar refractivity (Wildman–Crippen MR) is 105 cm³/mol. The smallest absolute Gasteiger partial charge is 0.279 e. The fourth-order valence-electron chi connectivity index (χ4n) is 3.31. The Bertz CT molecular complexity index is 817. The number of benzene rings is 1. The van der Waals surface area contributed by atoms with E-state index in [1.807, 2.05) is 0 Å². The number of likely N-dealkylation sites (N-methyl/N-ethyl adjacent to an activating group) is 1. The quantitative estimate of drug-likeness (QED) is 0.544. The fraction of sp³-hybridized carbons (Fsp3) is 0.579. The molecule has 1 unspecified atom stereocenters. The first-order valence-corrected chi connectivity index (χ1v) is 11.3. The number of amides is 2. The number of carbonyl (C=O) groups excluding carboxylic acids is 2. The van der Waals surface area contributed by atoms with Crippen LogP contribution in [0.3, 0.4) is 0 Å². The molecule has 0 radical (unpaired) electrons. The minimum atomic E-state index is -3.54. The van der Waals surface area contributed by atoms with Crippen molar-refractivity contribution in [3.8, 4) is 0 Å². The molecular formula is C19H29N4O4S+. The maximum atomic E-state index is 12.8. The lowest BCUT2D eigenvalue weighted by Crippen LogP contribution is -3.11. The molecule has 154 valence electrons. The molecule has 1 atom stereocenters. The van der Waals surface area contributed by atoms with E-state index in [0.717, 1.165) is 37.0 Å². The second-order valence-corrected chi connectivity index (χ2v) is 9.63. The molecule has 1 saturated heterocycles. The van der Waals surface area contributed by atoms with Gasteiger partial charge in [0.15, 0.2) is 13.1 Å². The first-order valence-electron chi connectivity index (χ1n) is 9.85. The molecule has 9 heteroatoms. The van der Waals surface area contributed by atoms with Crippen molar-refractivity contribution < 1.29 is 22.9 Å². The lowest BCUT2D eigenvalue weighted by Gasteiger charge is -2.26. The van der Waals surface area contributed by atoms with Crippen LogP contribution in [0.5, 0.6) is 0 Å². The van der Waals surface area contributed by atoms with Gasteiger partial charge in [0.1, 0.15) is 0 Å². The molecule has 0 spiro atoms. The van der Waals surface area contributed by atoms with E-state index in [4.69, 9.17) is 0 Å². The van der Waals surface area contributed by atoms with Crippen LogP contribution in [0.4, 0.5) is 5.69 Å². The van der Waals surface area contributed by atoms with Crippen molar-refractivity contribution in [1.82, 2.24) is 9.62 Å². The van der Waals surface area contributed by atoms with E-state index in [0.29, 0.717) is 24.8 Å².